The Morgan fingerprint density at radius 1 is 1.44 bits per heavy atom. The van der Waals surface area contributed by atoms with E-state index < -0.39 is 0 Å². The molecule has 0 radical (unpaired) electrons. The normalized spacial score (nSPS) is 17.3. The fourth-order valence-electron chi connectivity index (χ4n) is 0.699. The standard InChI is InChI=1S/C7H15BrO/c1-4-7(8)6(3)9-5-2/h6-7H,4-5H2,1-3H3. The van der Waals surface area contributed by atoms with Crippen molar-refractivity contribution in [2.75, 3.05) is 6.61 Å². The van der Waals surface area contributed by atoms with Gasteiger partial charge in [-0.2, -0.15) is 0 Å². The number of hydrogen-bond acceptors (Lipinski definition) is 1. The molecule has 0 heterocycles. The summed E-state index contributed by atoms with van der Waals surface area (Å²) in [6.45, 7) is 7.07. The zero-order valence-corrected chi connectivity index (χ0v) is 7.94. The topological polar surface area (TPSA) is 9.23 Å². The average Bonchev–Trinajstić information content (AvgIpc) is 1.87. The number of halogens is 1. The Kier molecular flexibility index (Phi) is 5.50. The van der Waals surface area contributed by atoms with Gasteiger partial charge in [0.2, 0.25) is 0 Å². The van der Waals surface area contributed by atoms with E-state index in [1.54, 1.807) is 0 Å². The SMILES string of the molecule is CCOC(C)C(Br)CC. The Hall–Kier alpha value is 0.440. The Labute approximate surface area is 65.9 Å². The van der Waals surface area contributed by atoms with E-state index in [1.165, 1.54) is 0 Å². The van der Waals surface area contributed by atoms with Crippen molar-refractivity contribution >= 4 is 15.9 Å². The predicted molar refractivity (Wildman–Crippen MR) is 44.1 cm³/mol. The molecule has 0 spiro atoms. The van der Waals surface area contributed by atoms with Crippen LogP contribution in [0.5, 0.6) is 0 Å². The first kappa shape index (κ1) is 9.44. The van der Waals surface area contributed by atoms with Gasteiger partial charge in [-0.1, -0.05) is 22.9 Å². The predicted octanol–water partition coefficient (Wildman–Crippen LogP) is 2.58. The van der Waals surface area contributed by atoms with Gasteiger partial charge in [0.15, 0.2) is 0 Å². The third-order valence-electron chi connectivity index (χ3n) is 1.33. The van der Waals surface area contributed by atoms with Crippen LogP contribution in [0.15, 0.2) is 0 Å². The minimum absolute atomic E-state index is 0.347. The van der Waals surface area contributed by atoms with Gasteiger partial charge in [0, 0.05) is 11.4 Å². The largest absolute Gasteiger partial charge is 0.378 e. The van der Waals surface area contributed by atoms with Gasteiger partial charge in [-0.15, -0.1) is 0 Å². The summed E-state index contributed by atoms with van der Waals surface area (Å²) < 4.78 is 5.35. The van der Waals surface area contributed by atoms with Gasteiger partial charge in [0.25, 0.3) is 0 Å². The Bertz CT molecular complexity index is 65.9. The first-order valence-electron chi connectivity index (χ1n) is 3.48. The van der Waals surface area contributed by atoms with E-state index in [-0.39, 0.29) is 0 Å². The minimum Gasteiger partial charge on any atom is -0.378 e. The minimum atomic E-state index is 0.347. The van der Waals surface area contributed by atoms with Gasteiger partial charge in [-0.3, -0.25) is 0 Å². The highest BCUT2D eigenvalue weighted by atomic mass is 79.9. The third-order valence-corrected chi connectivity index (χ3v) is 2.72. The molecule has 0 aliphatic carbocycles. The van der Waals surface area contributed by atoms with Gasteiger partial charge in [0.05, 0.1) is 6.10 Å². The number of hydrogen-bond donors (Lipinski definition) is 0. The fraction of sp³-hybridized carbons (Fsp3) is 1.00. The number of ether oxygens (including phenoxy) is 1. The third kappa shape index (κ3) is 3.93. The van der Waals surface area contributed by atoms with Crippen LogP contribution in [0.2, 0.25) is 0 Å². The van der Waals surface area contributed by atoms with Crippen LogP contribution in [0.1, 0.15) is 27.2 Å². The summed E-state index contributed by atoms with van der Waals surface area (Å²) >= 11 is 3.52. The summed E-state index contributed by atoms with van der Waals surface area (Å²) in [5.41, 5.74) is 0. The summed E-state index contributed by atoms with van der Waals surface area (Å²) in [5.74, 6) is 0. The van der Waals surface area contributed by atoms with E-state index in [0.29, 0.717) is 10.9 Å². The monoisotopic (exact) mass is 194 g/mol. The van der Waals surface area contributed by atoms with Gasteiger partial charge in [-0.05, 0) is 20.3 Å². The first-order valence-corrected chi connectivity index (χ1v) is 4.39. The molecule has 0 rings (SSSR count). The molecule has 56 valence electrons. The Morgan fingerprint density at radius 3 is 2.33 bits per heavy atom. The van der Waals surface area contributed by atoms with Crippen molar-refractivity contribution in [3.8, 4) is 0 Å². The molecule has 0 aliphatic rings. The molecule has 1 nitrogen and oxygen atoms in total. The second kappa shape index (κ2) is 5.24. The maximum Gasteiger partial charge on any atom is 0.0671 e. The summed E-state index contributed by atoms with van der Waals surface area (Å²) in [5, 5.41) is 0. The van der Waals surface area contributed by atoms with Crippen LogP contribution in [0, 0.1) is 0 Å². The van der Waals surface area contributed by atoms with Crippen molar-refractivity contribution in [1.82, 2.24) is 0 Å². The van der Waals surface area contributed by atoms with Crippen LogP contribution in [0.4, 0.5) is 0 Å². The highest BCUT2D eigenvalue weighted by Gasteiger charge is 2.09. The van der Waals surface area contributed by atoms with Crippen molar-refractivity contribution in [1.29, 1.82) is 0 Å². The Morgan fingerprint density at radius 2 is 2.00 bits per heavy atom. The van der Waals surface area contributed by atoms with E-state index in [9.17, 15) is 0 Å². The fourth-order valence-corrected chi connectivity index (χ4v) is 0.852. The maximum absolute atomic E-state index is 5.35. The van der Waals surface area contributed by atoms with Crippen LogP contribution in [0.25, 0.3) is 0 Å². The van der Waals surface area contributed by atoms with Crippen LogP contribution in [0.3, 0.4) is 0 Å². The van der Waals surface area contributed by atoms with Crippen LogP contribution in [-0.4, -0.2) is 17.5 Å². The molecule has 9 heavy (non-hydrogen) atoms. The zero-order valence-electron chi connectivity index (χ0n) is 6.36. The molecule has 0 aliphatic heterocycles. The van der Waals surface area contributed by atoms with Crippen LogP contribution in [-0.2, 0) is 4.74 Å². The van der Waals surface area contributed by atoms with Gasteiger partial charge in [0.1, 0.15) is 0 Å². The first-order chi connectivity index (χ1) is 4.22. The quantitative estimate of drug-likeness (QED) is 0.626. The molecule has 0 aromatic carbocycles. The second-order valence-corrected chi connectivity index (χ2v) is 3.26. The van der Waals surface area contributed by atoms with Crippen molar-refractivity contribution in [3.05, 3.63) is 0 Å². The lowest BCUT2D eigenvalue weighted by Crippen LogP contribution is -2.19. The smallest absolute Gasteiger partial charge is 0.0671 e. The molecule has 0 amide bonds. The lowest BCUT2D eigenvalue weighted by Gasteiger charge is -2.15. The maximum atomic E-state index is 5.35. The molecular formula is C7H15BrO. The summed E-state index contributed by atoms with van der Waals surface area (Å²) in [6.07, 6.45) is 1.47. The van der Waals surface area contributed by atoms with Gasteiger partial charge < -0.3 is 4.74 Å². The Balaban J connectivity index is 3.32. The van der Waals surface area contributed by atoms with E-state index in [2.05, 4.69) is 29.8 Å². The molecule has 0 saturated carbocycles. The summed E-state index contributed by atoms with van der Waals surface area (Å²) in [4.78, 5) is 0.512. The number of alkyl halides is 1. The van der Waals surface area contributed by atoms with Gasteiger partial charge in [-0.25, -0.2) is 0 Å². The lowest BCUT2D eigenvalue weighted by atomic mass is 10.2. The molecule has 2 atom stereocenters. The molecule has 0 aromatic rings. The van der Waals surface area contributed by atoms with Crippen molar-refractivity contribution in [2.45, 2.75) is 38.1 Å². The van der Waals surface area contributed by atoms with Crippen molar-refractivity contribution in [2.24, 2.45) is 0 Å². The second-order valence-electron chi connectivity index (χ2n) is 2.08. The molecular weight excluding hydrogens is 180 g/mol. The lowest BCUT2D eigenvalue weighted by molar-refractivity contribution is 0.0754. The van der Waals surface area contributed by atoms with Crippen LogP contribution < -0.4 is 0 Å². The molecule has 2 heteroatoms. The van der Waals surface area contributed by atoms with Crippen LogP contribution >= 0.6 is 15.9 Å². The molecule has 2 unspecified atom stereocenters. The molecule has 0 aromatic heterocycles. The van der Waals surface area contributed by atoms with Crippen molar-refractivity contribution in [3.63, 3.8) is 0 Å². The average molecular weight is 195 g/mol. The number of rotatable bonds is 4. The van der Waals surface area contributed by atoms with E-state index in [4.69, 9.17) is 4.74 Å². The highest BCUT2D eigenvalue weighted by molar-refractivity contribution is 9.09. The molecule has 0 N–H and O–H groups in total. The van der Waals surface area contributed by atoms with Gasteiger partial charge >= 0.3 is 0 Å². The summed E-state index contributed by atoms with van der Waals surface area (Å²) in [7, 11) is 0. The molecule has 0 saturated heterocycles. The zero-order chi connectivity index (χ0) is 7.28. The molecule has 0 bridgehead atoms. The molecule has 0 fully saturated rings. The summed E-state index contributed by atoms with van der Waals surface area (Å²) in [6, 6.07) is 0. The highest BCUT2D eigenvalue weighted by Crippen LogP contribution is 2.11. The van der Waals surface area contributed by atoms with E-state index in [0.717, 1.165) is 13.0 Å². The van der Waals surface area contributed by atoms with Crippen molar-refractivity contribution < 1.29 is 4.74 Å². The van der Waals surface area contributed by atoms with E-state index >= 15 is 0 Å². The van der Waals surface area contributed by atoms with E-state index in [1.807, 2.05) is 6.92 Å².